The number of benzene rings is 2. The second kappa shape index (κ2) is 7.09. The fourth-order valence-electron chi connectivity index (χ4n) is 2.26. The number of para-hydroxylation sites is 1. The van der Waals surface area contributed by atoms with Crippen molar-refractivity contribution in [2.45, 2.75) is 26.3 Å². The van der Waals surface area contributed by atoms with Gasteiger partial charge in [0.05, 0.1) is 15.5 Å². The second-order valence-electron chi connectivity index (χ2n) is 4.76. The van der Waals surface area contributed by atoms with Crippen LogP contribution < -0.4 is 5.32 Å². The van der Waals surface area contributed by atoms with E-state index in [1.165, 1.54) is 11.6 Å². The number of hydrogen-bond acceptors (Lipinski definition) is 3. The number of nitro benzene ring substituents is 1. The Bertz CT molecular complexity index is 644. The van der Waals surface area contributed by atoms with Gasteiger partial charge in [-0.25, -0.2) is 0 Å². The SMILES string of the molecule is CCCc1ccccc1NCc1c(Cl)cccc1[N+](=O)[O-]. The van der Waals surface area contributed by atoms with Crippen LogP contribution in [0.5, 0.6) is 0 Å². The molecule has 0 radical (unpaired) electrons. The second-order valence-corrected chi connectivity index (χ2v) is 5.16. The van der Waals surface area contributed by atoms with Gasteiger partial charge in [0.25, 0.3) is 5.69 Å². The van der Waals surface area contributed by atoms with Crippen LogP contribution in [0.3, 0.4) is 0 Å². The van der Waals surface area contributed by atoms with E-state index in [-0.39, 0.29) is 5.69 Å². The lowest BCUT2D eigenvalue weighted by Gasteiger charge is -2.12. The quantitative estimate of drug-likeness (QED) is 0.615. The molecule has 0 aliphatic heterocycles. The molecule has 0 amide bonds. The van der Waals surface area contributed by atoms with Crippen molar-refractivity contribution in [3.63, 3.8) is 0 Å². The number of nitrogens with one attached hydrogen (secondary N) is 1. The lowest BCUT2D eigenvalue weighted by Crippen LogP contribution is -2.05. The summed E-state index contributed by atoms with van der Waals surface area (Å²) in [4.78, 5) is 10.7. The first-order valence-corrected chi connectivity index (χ1v) is 7.24. The van der Waals surface area contributed by atoms with Crippen LogP contribution in [0, 0.1) is 10.1 Å². The number of rotatable bonds is 6. The van der Waals surface area contributed by atoms with Gasteiger partial charge in [0.15, 0.2) is 0 Å². The average Bonchev–Trinajstić information content (AvgIpc) is 2.47. The fraction of sp³-hybridized carbons (Fsp3) is 0.250. The standard InChI is InChI=1S/C16H17ClN2O2/c1-2-6-12-7-3-4-9-15(12)18-11-13-14(17)8-5-10-16(13)19(20)21/h3-5,7-10,18H,2,6,11H2,1H3. The lowest BCUT2D eigenvalue weighted by molar-refractivity contribution is -0.385. The summed E-state index contributed by atoms with van der Waals surface area (Å²) in [6, 6.07) is 12.7. The molecule has 0 aliphatic carbocycles. The monoisotopic (exact) mass is 304 g/mol. The van der Waals surface area contributed by atoms with Gasteiger partial charge in [-0.15, -0.1) is 0 Å². The predicted octanol–water partition coefficient (Wildman–Crippen LogP) is 4.81. The molecule has 0 aliphatic rings. The third kappa shape index (κ3) is 3.73. The van der Waals surface area contributed by atoms with Crippen molar-refractivity contribution in [3.05, 3.63) is 68.7 Å². The van der Waals surface area contributed by atoms with Gasteiger partial charge in [0.1, 0.15) is 0 Å². The van der Waals surface area contributed by atoms with Crippen molar-refractivity contribution in [2.75, 3.05) is 5.32 Å². The van der Waals surface area contributed by atoms with E-state index in [2.05, 4.69) is 18.3 Å². The Labute approximate surface area is 128 Å². The zero-order valence-corrected chi connectivity index (χ0v) is 12.6. The maximum Gasteiger partial charge on any atom is 0.275 e. The molecule has 2 rings (SSSR count). The molecule has 2 aromatic carbocycles. The minimum Gasteiger partial charge on any atom is -0.380 e. The largest absolute Gasteiger partial charge is 0.380 e. The Morgan fingerprint density at radius 1 is 1.19 bits per heavy atom. The Morgan fingerprint density at radius 2 is 1.95 bits per heavy atom. The van der Waals surface area contributed by atoms with E-state index in [0.29, 0.717) is 17.1 Å². The average molecular weight is 305 g/mol. The highest BCUT2D eigenvalue weighted by Gasteiger charge is 2.16. The molecule has 0 bridgehead atoms. The Kier molecular flexibility index (Phi) is 5.17. The maximum atomic E-state index is 11.1. The Morgan fingerprint density at radius 3 is 2.67 bits per heavy atom. The van der Waals surface area contributed by atoms with Gasteiger partial charge in [0.2, 0.25) is 0 Å². The first-order chi connectivity index (χ1) is 10.1. The van der Waals surface area contributed by atoms with E-state index >= 15 is 0 Å². The minimum atomic E-state index is -0.402. The van der Waals surface area contributed by atoms with Crippen molar-refractivity contribution in [1.82, 2.24) is 0 Å². The van der Waals surface area contributed by atoms with Crippen molar-refractivity contribution in [3.8, 4) is 0 Å². The van der Waals surface area contributed by atoms with Crippen LogP contribution in [-0.2, 0) is 13.0 Å². The van der Waals surface area contributed by atoms with Crippen molar-refractivity contribution in [1.29, 1.82) is 0 Å². The van der Waals surface area contributed by atoms with Crippen molar-refractivity contribution >= 4 is 23.0 Å². The summed E-state index contributed by atoms with van der Waals surface area (Å²) >= 11 is 6.10. The number of nitro groups is 1. The third-order valence-corrected chi connectivity index (χ3v) is 3.64. The molecule has 0 saturated heterocycles. The van der Waals surface area contributed by atoms with Gasteiger partial charge in [-0.2, -0.15) is 0 Å². The summed E-state index contributed by atoms with van der Waals surface area (Å²) in [5, 5.41) is 14.7. The summed E-state index contributed by atoms with van der Waals surface area (Å²) in [5.74, 6) is 0. The molecule has 0 fully saturated rings. The van der Waals surface area contributed by atoms with Crippen LogP contribution in [0.15, 0.2) is 42.5 Å². The first kappa shape index (κ1) is 15.3. The van der Waals surface area contributed by atoms with E-state index in [4.69, 9.17) is 11.6 Å². The Hall–Kier alpha value is -2.07. The summed E-state index contributed by atoms with van der Waals surface area (Å²) in [6.45, 7) is 2.45. The van der Waals surface area contributed by atoms with Crippen molar-refractivity contribution < 1.29 is 4.92 Å². The van der Waals surface area contributed by atoms with E-state index in [0.717, 1.165) is 18.5 Å². The molecule has 4 nitrogen and oxygen atoms in total. The summed E-state index contributed by atoms with van der Waals surface area (Å²) < 4.78 is 0. The van der Waals surface area contributed by atoms with Crippen molar-refractivity contribution in [2.24, 2.45) is 0 Å². The summed E-state index contributed by atoms with van der Waals surface area (Å²) in [7, 11) is 0. The molecule has 21 heavy (non-hydrogen) atoms. The van der Waals surface area contributed by atoms with E-state index < -0.39 is 4.92 Å². The predicted molar refractivity (Wildman–Crippen MR) is 85.9 cm³/mol. The summed E-state index contributed by atoms with van der Waals surface area (Å²) in [6.07, 6.45) is 2.01. The lowest BCUT2D eigenvalue weighted by atomic mass is 10.1. The zero-order valence-electron chi connectivity index (χ0n) is 11.8. The molecular formula is C16H17ClN2O2. The molecule has 5 heteroatoms. The number of anilines is 1. The molecule has 0 unspecified atom stereocenters. The normalized spacial score (nSPS) is 10.4. The number of halogens is 1. The van der Waals surface area contributed by atoms with E-state index in [1.54, 1.807) is 12.1 Å². The molecule has 0 saturated carbocycles. The zero-order chi connectivity index (χ0) is 15.2. The highest BCUT2D eigenvalue weighted by Crippen LogP contribution is 2.27. The van der Waals surface area contributed by atoms with Gasteiger partial charge in [-0.1, -0.05) is 49.2 Å². The number of nitrogens with zero attached hydrogens (tertiary/aromatic N) is 1. The van der Waals surface area contributed by atoms with Gasteiger partial charge in [-0.3, -0.25) is 10.1 Å². The molecule has 110 valence electrons. The van der Waals surface area contributed by atoms with E-state index in [1.807, 2.05) is 18.2 Å². The maximum absolute atomic E-state index is 11.1. The van der Waals surface area contributed by atoms with E-state index in [9.17, 15) is 10.1 Å². The van der Waals surface area contributed by atoms with Crippen LogP contribution in [0.1, 0.15) is 24.5 Å². The third-order valence-electron chi connectivity index (χ3n) is 3.28. The first-order valence-electron chi connectivity index (χ1n) is 6.87. The van der Waals surface area contributed by atoms with Gasteiger partial charge >= 0.3 is 0 Å². The smallest absolute Gasteiger partial charge is 0.275 e. The minimum absolute atomic E-state index is 0.0444. The molecule has 0 heterocycles. The fourth-order valence-corrected chi connectivity index (χ4v) is 2.49. The summed E-state index contributed by atoms with van der Waals surface area (Å²) in [5.41, 5.74) is 2.75. The van der Waals surface area contributed by atoms with Gasteiger partial charge in [-0.05, 0) is 24.1 Å². The van der Waals surface area contributed by atoms with Crippen LogP contribution in [0.4, 0.5) is 11.4 Å². The molecule has 0 atom stereocenters. The molecular weight excluding hydrogens is 288 g/mol. The highest BCUT2D eigenvalue weighted by molar-refractivity contribution is 6.31. The number of aryl methyl sites for hydroxylation is 1. The highest BCUT2D eigenvalue weighted by atomic mass is 35.5. The van der Waals surface area contributed by atoms with Crippen LogP contribution >= 0.6 is 11.6 Å². The molecule has 1 N–H and O–H groups in total. The Balaban J connectivity index is 2.23. The van der Waals surface area contributed by atoms with Crippen LogP contribution in [0.2, 0.25) is 5.02 Å². The molecule has 0 spiro atoms. The topological polar surface area (TPSA) is 55.2 Å². The van der Waals surface area contributed by atoms with Crippen LogP contribution in [0.25, 0.3) is 0 Å². The molecule has 0 aromatic heterocycles. The number of hydrogen-bond donors (Lipinski definition) is 1. The molecule has 2 aromatic rings. The van der Waals surface area contributed by atoms with Crippen LogP contribution in [-0.4, -0.2) is 4.92 Å². The van der Waals surface area contributed by atoms with Gasteiger partial charge in [0, 0.05) is 18.3 Å². The van der Waals surface area contributed by atoms with Gasteiger partial charge < -0.3 is 5.32 Å².